The molecular formula is C6H8N4O4. The first kappa shape index (κ1) is 9.96. The van der Waals surface area contributed by atoms with Gasteiger partial charge in [-0.1, -0.05) is 0 Å². The number of hydrogen-bond donors (Lipinski definition) is 2. The third-order valence-corrected chi connectivity index (χ3v) is 1.18. The van der Waals surface area contributed by atoms with Crippen molar-refractivity contribution in [1.29, 1.82) is 0 Å². The Morgan fingerprint density at radius 3 is 2.07 bits per heavy atom. The van der Waals surface area contributed by atoms with E-state index in [9.17, 15) is 4.79 Å². The Labute approximate surface area is 78.9 Å². The summed E-state index contributed by atoms with van der Waals surface area (Å²) in [6, 6.07) is -0.0544. The van der Waals surface area contributed by atoms with Gasteiger partial charge in [0.1, 0.15) is 0 Å². The van der Waals surface area contributed by atoms with Gasteiger partial charge in [0.15, 0.2) is 0 Å². The standard InChI is InChI=1S/C6H8N4O4/c1-13-4-7-3(9-6(11)12)8-5(10-4)14-2/h1-2H3,(H,11,12)(H,7,8,9,10). The van der Waals surface area contributed by atoms with Gasteiger partial charge in [0, 0.05) is 0 Å². The summed E-state index contributed by atoms with van der Waals surface area (Å²) in [7, 11) is 2.69. The first-order valence-corrected chi connectivity index (χ1v) is 3.49. The fraction of sp³-hybridized carbons (Fsp3) is 0.333. The van der Waals surface area contributed by atoms with E-state index in [0.29, 0.717) is 0 Å². The van der Waals surface area contributed by atoms with Crippen molar-refractivity contribution in [3.05, 3.63) is 0 Å². The van der Waals surface area contributed by atoms with Crippen LogP contribution in [0.15, 0.2) is 0 Å². The lowest BCUT2D eigenvalue weighted by atomic mass is 10.8. The summed E-state index contributed by atoms with van der Waals surface area (Å²) in [6.45, 7) is 0. The van der Waals surface area contributed by atoms with Crippen LogP contribution in [-0.4, -0.2) is 40.4 Å². The molecule has 76 valence electrons. The smallest absolute Gasteiger partial charge is 0.411 e. The number of amides is 1. The minimum Gasteiger partial charge on any atom is -0.467 e. The first-order chi connectivity index (χ1) is 6.65. The molecule has 0 bridgehead atoms. The number of anilines is 1. The van der Waals surface area contributed by atoms with Gasteiger partial charge < -0.3 is 14.6 Å². The highest BCUT2D eigenvalue weighted by molar-refractivity contribution is 5.80. The van der Waals surface area contributed by atoms with Crippen molar-refractivity contribution in [2.24, 2.45) is 0 Å². The maximum Gasteiger partial charge on any atom is 0.411 e. The Kier molecular flexibility index (Phi) is 3.00. The van der Waals surface area contributed by atoms with Gasteiger partial charge >= 0.3 is 18.1 Å². The topological polar surface area (TPSA) is 106 Å². The molecule has 0 fully saturated rings. The summed E-state index contributed by atoms with van der Waals surface area (Å²) in [4.78, 5) is 21.2. The Morgan fingerprint density at radius 1 is 1.21 bits per heavy atom. The highest BCUT2D eigenvalue weighted by atomic mass is 16.5. The first-order valence-electron chi connectivity index (χ1n) is 3.49. The van der Waals surface area contributed by atoms with E-state index in [4.69, 9.17) is 14.6 Å². The molecule has 0 aliphatic rings. The second-order valence-corrected chi connectivity index (χ2v) is 2.06. The normalized spacial score (nSPS) is 9.29. The van der Waals surface area contributed by atoms with Crippen LogP contribution >= 0.6 is 0 Å². The number of aromatic nitrogens is 3. The summed E-state index contributed by atoms with van der Waals surface area (Å²) in [5.74, 6) is -0.152. The van der Waals surface area contributed by atoms with E-state index < -0.39 is 6.09 Å². The lowest BCUT2D eigenvalue weighted by molar-refractivity contribution is 0.209. The second-order valence-electron chi connectivity index (χ2n) is 2.06. The van der Waals surface area contributed by atoms with Crippen LogP contribution in [0.3, 0.4) is 0 Å². The summed E-state index contributed by atoms with van der Waals surface area (Å²) >= 11 is 0. The van der Waals surface area contributed by atoms with E-state index in [1.54, 1.807) is 0 Å². The number of carbonyl (C=O) groups is 1. The zero-order valence-electron chi connectivity index (χ0n) is 7.51. The average Bonchev–Trinajstić information content (AvgIpc) is 2.16. The monoisotopic (exact) mass is 200 g/mol. The van der Waals surface area contributed by atoms with Gasteiger partial charge in [0.2, 0.25) is 5.95 Å². The fourth-order valence-electron chi connectivity index (χ4n) is 0.672. The zero-order chi connectivity index (χ0) is 10.6. The van der Waals surface area contributed by atoms with Gasteiger partial charge in [-0.15, -0.1) is 4.98 Å². The van der Waals surface area contributed by atoms with Crippen molar-refractivity contribution in [2.75, 3.05) is 19.5 Å². The van der Waals surface area contributed by atoms with Crippen molar-refractivity contribution in [3.8, 4) is 12.0 Å². The van der Waals surface area contributed by atoms with Gasteiger partial charge in [-0.3, -0.25) is 5.32 Å². The number of nitrogens with zero attached hydrogens (tertiary/aromatic N) is 3. The Bertz CT molecular complexity index is 320. The molecule has 14 heavy (non-hydrogen) atoms. The van der Waals surface area contributed by atoms with Crippen molar-refractivity contribution in [1.82, 2.24) is 15.0 Å². The molecule has 1 amide bonds. The lowest BCUT2D eigenvalue weighted by Gasteiger charge is -2.03. The molecule has 0 aromatic carbocycles. The zero-order valence-corrected chi connectivity index (χ0v) is 7.51. The number of nitrogens with one attached hydrogen (secondary N) is 1. The molecule has 1 rings (SSSR count). The highest BCUT2D eigenvalue weighted by Gasteiger charge is 2.08. The molecule has 8 heteroatoms. The maximum absolute atomic E-state index is 10.3. The summed E-state index contributed by atoms with van der Waals surface area (Å²) in [5, 5.41) is 10.3. The molecule has 0 aliphatic carbocycles. The molecule has 1 heterocycles. The van der Waals surface area contributed by atoms with Gasteiger partial charge in [0.05, 0.1) is 14.2 Å². The van der Waals surface area contributed by atoms with Crippen molar-refractivity contribution >= 4 is 12.0 Å². The van der Waals surface area contributed by atoms with Crippen LogP contribution < -0.4 is 14.8 Å². The molecule has 1 aromatic heterocycles. The van der Waals surface area contributed by atoms with Crippen LogP contribution in [0.25, 0.3) is 0 Å². The Balaban J connectivity index is 2.98. The molecule has 8 nitrogen and oxygen atoms in total. The second kappa shape index (κ2) is 4.21. The minimum atomic E-state index is -1.28. The van der Waals surface area contributed by atoms with E-state index in [2.05, 4.69) is 15.0 Å². The van der Waals surface area contributed by atoms with Gasteiger partial charge in [0.25, 0.3) is 0 Å². The third kappa shape index (κ3) is 2.44. The van der Waals surface area contributed by atoms with Gasteiger partial charge in [-0.25, -0.2) is 4.79 Å². The number of methoxy groups -OCH3 is 2. The molecule has 0 spiro atoms. The number of carboxylic acid groups (broad SMARTS) is 1. The molecule has 2 N–H and O–H groups in total. The molecule has 0 unspecified atom stereocenters. The Morgan fingerprint density at radius 2 is 1.71 bits per heavy atom. The quantitative estimate of drug-likeness (QED) is 0.705. The number of hydrogen-bond acceptors (Lipinski definition) is 6. The van der Waals surface area contributed by atoms with Crippen LogP contribution in [0, 0.1) is 0 Å². The van der Waals surface area contributed by atoms with Gasteiger partial charge in [-0.2, -0.15) is 9.97 Å². The number of ether oxygens (including phenoxy) is 2. The summed E-state index contributed by atoms with van der Waals surface area (Å²) in [5.41, 5.74) is 0. The van der Waals surface area contributed by atoms with E-state index in [1.807, 2.05) is 5.32 Å². The van der Waals surface area contributed by atoms with Crippen molar-refractivity contribution in [2.45, 2.75) is 0 Å². The molecular weight excluding hydrogens is 192 g/mol. The predicted molar refractivity (Wildman–Crippen MR) is 44.6 cm³/mol. The molecule has 0 aliphatic heterocycles. The maximum atomic E-state index is 10.3. The van der Waals surface area contributed by atoms with Crippen LogP contribution in [0.2, 0.25) is 0 Å². The lowest BCUT2D eigenvalue weighted by Crippen LogP contribution is -2.12. The average molecular weight is 200 g/mol. The summed E-state index contributed by atoms with van der Waals surface area (Å²) in [6.07, 6.45) is -1.28. The number of rotatable bonds is 3. The van der Waals surface area contributed by atoms with E-state index >= 15 is 0 Å². The van der Waals surface area contributed by atoms with E-state index in [1.165, 1.54) is 14.2 Å². The van der Waals surface area contributed by atoms with Gasteiger partial charge in [-0.05, 0) is 0 Å². The minimum absolute atomic E-state index is 0.0272. The van der Waals surface area contributed by atoms with Crippen LogP contribution in [0.1, 0.15) is 0 Å². The molecule has 0 saturated carbocycles. The highest BCUT2D eigenvalue weighted by Crippen LogP contribution is 2.11. The largest absolute Gasteiger partial charge is 0.467 e. The van der Waals surface area contributed by atoms with Crippen LogP contribution in [0.4, 0.5) is 10.7 Å². The Hall–Kier alpha value is -2.12. The van der Waals surface area contributed by atoms with Crippen LogP contribution in [0.5, 0.6) is 12.0 Å². The fourth-order valence-corrected chi connectivity index (χ4v) is 0.672. The van der Waals surface area contributed by atoms with Crippen molar-refractivity contribution < 1.29 is 19.4 Å². The van der Waals surface area contributed by atoms with Crippen molar-refractivity contribution in [3.63, 3.8) is 0 Å². The third-order valence-electron chi connectivity index (χ3n) is 1.18. The summed E-state index contributed by atoms with van der Waals surface area (Å²) < 4.78 is 9.41. The SMILES string of the molecule is COc1nc(NC(=O)O)nc(OC)n1. The van der Waals surface area contributed by atoms with Crippen LogP contribution in [-0.2, 0) is 0 Å². The molecule has 1 aromatic rings. The molecule has 0 radical (unpaired) electrons. The molecule has 0 saturated heterocycles. The predicted octanol–water partition coefficient (Wildman–Crippen LogP) is -0.0213. The molecule has 0 atom stereocenters. The van der Waals surface area contributed by atoms with E-state index in [0.717, 1.165) is 0 Å². The van der Waals surface area contributed by atoms with E-state index in [-0.39, 0.29) is 18.0 Å².